The van der Waals surface area contributed by atoms with Gasteiger partial charge in [-0.1, -0.05) is 24.4 Å². The monoisotopic (exact) mass is 157 g/mol. The molecule has 0 heterocycles. The fourth-order valence-corrected chi connectivity index (χ4v) is 0.929. The molecule has 2 heteroatoms. The summed E-state index contributed by atoms with van der Waals surface area (Å²) in [6.07, 6.45) is 6.22. The minimum atomic E-state index is 0.939. The lowest BCUT2D eigenvalue weighted by Gasteiger charge is -2.01. The molecule has 0 atom stereocenters. The highest BCUT2D eigenvalue weighted by Crippen LogP contribution is 1.91. The Bertz CT molecular complexity index is 118. The smallest absolute Gasteiger partial charge is 0.0756 e. The van der Waals surface area contributed by atoms with E-state index in [1.807, 2.05) is 6.92 Å². The van der Waals surface area contributed by atoms with Crippen molar-refractivity contribution in [1.29, 1.82) is 0 Å². The molecule has 58 valence electrons. The maximum absolute atomic E-state index is 5.02. The SMILES string of the molecule is C/C=C/CCC(=S)NCC. The summed E-state index contributed by atoms with van der Waals surface area (Å²) in [7, 11) is 0. The molecule has 10 heavy (non-hydrogen) atoms. The van der Waals surface area contributed by atoms with Crippen LogP contribution in [0.15, 0.2) is 12.2 Å². The lowest BCUT2D eigenvalue weighted by molar-refractivity contribution is 0.935. The van der Waals surface area contributed by atoms with Crippen molar-refractivity contribution in [3.05, 3.63) is 12.2 Å². The summed E-state index contributed by atoms with van der Waals surface area (Å²) < 4.78 is 0. The molecule has 0 radical (unpaired) electrons. The summed E-state index contributed by atoms with van der Waals surface area (Å²) in [6, 6.07) is 0. The van der Waals surface area contributed by atoms with Gasteiger partial charge in [0.05, 0.1) is 4.99 Å². The van der Waals surface area contributed by atoms with Gasteiger partial charge in [-0.2, -0.15) is 0 Å². The second-order valence-electron chi connectivity index (χ2n) is 2.06. The van der Waals surface area contributed by atoms with E-state index in [-0.39, 0.29) is 0 Å². The predicted octanol–water partition coefficient (Wildman–Crippen LogP) is 2.28. The van der Waals surface area contributed by atoms with Gasteiger partial charge in [0, 0.05) is 13.0 Å². The van der Waals surface area contributed by atoms with Crippen LogP contribution in [0.5, 0.6) is 0 Å². The van der Waals surface area contributed by atoms with Gasteiger partial charge in [-0.05, 0) is 20.3 Å². The molecule has 0 unspecified atom stereocenters. The molecule has 0 fully saturated rings. The summed E-state index contributed by atoms with van der Waals surface area (Å²) in [5.74, 6) is 0. The molecule has 0 aliphatic rings. The van der Waals surface area contributed by atoms with E-state index in [0.717, 1.165) is 24.4 Å². The van der Waals surface area contributed by atoms with Gasteiger partial charge < -0.3 is 5.32 Å². The quantitative estimate of drug-likeness (QED) is 0.496. The molecule has 1 nitrogen and oxygen atoms in total. The Morgan fingerprint density at radius 2 is 2.30 bits per heavy atom. The standard InChI is InChI=1S/C8H15NS/c1-3-5-6-7-8(10)9-4-2/h3,5H,4,6-7H2,1-2H3,(H,9,10)/b5-3+. The zero-order valence-electron chi connectivity index (χ0n) is 6.68. The highest BCUT2D eigenvalue weighted by molar-refractivity contribution is 7.80. The molecule has 0 rings (SSSR count). The number of thiocarbonyl (C=S) groups is 1. The van der Waals surface area contributed by atoms with Crippen LogP contribution in [0.4, 0.5) is 0 Å². The minimum Gasteiger partial charge on any atom is -0.380 e. The molecule has 0 spiro atoms. The normalized spacial score (nSPS) is 10.2. The predicted molar refractivity (Wildman–Crippen MR) is 50.3 cm³/mol. The third kappa shape index (κ3) is 5.76. The molecule has 0 saturated carbocycles. The Hall–Kier alpha value is -0.370. The van der Waals surface area contributed by atoms with Crippen molar-refractivity contribution in [3.63, 3.8) is 0 Å². The third-order valence-electron chi connectivity index (χ3n) is 1.15. The van der Waals surface area contributed by atoms with E-state index in [0.29, 0.717) is 0 Å². The van der Waals surface area contributed by atoms with Gasteiger partial charge in [0.1, 0.15) is 0 Å². The molecule has 0 saturated heterocycles. The van der Waals surface area contributed by atoms with Crippen LogP contribution < -0.4 is 5.32 Å². The van der Waals surface area contributed by atoms with Crippen LogP contribution in [-0.4, -0.2) is 11.5 Å². The summed E-state index contributed by atoms with van der Waals surface area (Å²) in [6.45, 7) is 5.02. The number of nitrogens with one attached hydrogen (secondary N) is 1. The van der Waals surface area contributed by atoms with E-state index in [4.69, 9.17) is 12.2 Å². The number of rotatable bonds is 4. The zero-order chi connectivity index (χ0) is 7.82. The van der Waals surface area contributed by atoms with Crippen LogP contribution >= 0.6 is 12.2 Å². The number of allylic oxidation sites excluding steroid dienone is 2. The van der Waals surface area contributed by atoms with Crippen molar-refractivity contribution in [2.24, 2.45) is 0 Å². The Balaban J connectivity index is 3.21. The maximum Gasteiger partial charge on any atom is 0.0756 e. The van der Waals surface area contributed by atoms with Crippen molar-refractivity contribution >= 4 is 17.2 Å². The average molecular weight is 157 g/mol. The fraction of sp³-hybridized carbons (Fsp3) is 0.625. The first-order chi connectivity index (χ1) is 4.81. The van der Waals surface area contributed by atoms with Crippen molar-refractivity contribution in [2.75, 3.05) is 6.54 Å². The molecule has 0 bridgehead atoms. The van der Waals surface area contributed by atoms with Crippen LogP contribution in [0, 0.1) is 0 Å². The van der Waals surface area contributed by atoms with E-state index in [1.54, 1.807) is 0 Å². The van der Waals surface area contributed by atoms with Gasteiger partial charge in [0.2, 0.25) is 0 Å². The fourth-order valence-electron chi connectivity index (χ4n) is 0.667. The Kier molecular flexibility index (Phi) is 6.50. The van der Waals surface area contributed by atoms with Gasteiger partial charge in [0.25, 0.3) is 0 Å². The third-order valence-corrected chi connectivity index (χ3v) is 1.50. The first-order valence-electron chi connectivity index (χ1n) is 3.69. The van der Waals surface area contributed by atoms with Crippen LogP contribution in [0.3, 0.4) is 0 Å². The van der Waals surface area contributed by atoms with Crippen molar-refractivity contribution in [2.45, 2.75) is 26.7 Å². The second-order valence-corrected chi connectivity index (χ2v) is 2.55. The zero-order valence-corrected chi connectivity index (χ0v) is 7.50. The lowest BCUT2D eigenvalue weighted by atomic mass is 10.3. The van der Waals surface area contributed by atoms with Gasteiger partial charge in [-0.3, -0.25) is 0 Å². The van der Waals surface area contributed by atoms with Gasteiger partial charge in [-0.25, -0.2) is 0 Å². The van der Waals surface area contributed by atoms with E-state index >= 15 is 0 Å². The summed E-state index contributed by atoms with van der Waals surface area (Å²) in [5.41, 5.74) is 0. The number of hydrogen-bond donors (Lipinski definition) is 1. The van der Waals surface area contributed by atoms with Gasteiger partial charge in [-0.15, -0.1) is 0 Å². The summed E-state index contributed by atoms with van der Waals surface area (Å²) in [5, 5.41) is 3.10. The Morgan fingerprint density at radius 1 is 1.60 bits per heavy atom. The molecule has 0 aliphatic heterocycles. The first-order valence-corrected chi connectivity index (χ1v) is 4.10. The molecule has 0 aromatic carbocycles. The number of hydrogen-bond acceptors (Lipinski definition) is 1. The topological polar surface area (TPSA) is 12.0 Å². The minimum absolute atomic E-state index is 0.939. The Morgan fingerprint density at radius 3 is 2.80 bits per heavy atom. The van der Waals surface area contributed by atoms with Gasteiger partial charge >= 0.3 is 0 Å². The summed E-state index contributed by atoms with van der Waals surface area (Å²) in [4.78, 5) is 0.973. The van der Waals surface area contributed by atoms with E-state index in [9.17, 15) is 0 Å². The molecule has 1 N–H and O–H groups in total. The average Bonchev–Trinajstić information content (AvgIpc) is 1.89. The molecule has 0 aromatic rings. The second kappa shape index (κ2) is 6.75. The van der Waals surface area contributed by atoms with E-state index in [2.05, 4.69) is 24.4 Å². The van der Waals surface area contributed by atoms with Crippen LogP contribution in [0.1, 0.15) is 26.7 Å². The molecule has 0 amide bonds. The van der Waals surface area contributed by atoms with E-state index < -0.39 is 0 Å². The lowest BCUT2D eigenvalue weighted by Crippen LogP contribution is -2.19. The largest absolute Gasteiger partial charge is 0.380 e. The molecular formula is C8H15NS. The molecule has 0 aromatic heterocycles. The van der Waals surface area contributed by atoms with Crippen LogP contribution in [0.2, 0.25) is 0 Å². The maximum atomic E-state index is 5.02. The Labute approximate surface area is 68.5 Å². The summed E-state index contributed by atoms with van der Waals surface area (Å²) >= 11 is 5.02. The van der Waals surface area contributed by atoms with E-state index in [1.165, 1.54) is 0 Å². The highest BCUT2D eigenvalue weighted by atomic mass is 32.1. The van der Waals surface area contributed by atoms with Crippen molar-refractivity contribution in [3.8, 4) is 0 Å². The van der Waals surface area contributed by atoms with Crippen LogP contribution in [0.25, 0.3) is 0 Å². The van der Waals surface area contributed by atoms with Crippen molar-refractivity contribution < 1.29 is 0 Å². The molecule has 0 aliphatic carbocycles. The van der Waals surface area contributed by atoms with Crippen LogP contribution in [-0.2, 0) is 0 Å². The van der Waals surface area contributed by atoms with Gasteiger partial charge in [0.15, 0.2) is 0 Å². The van der Waals surface area contributed by atoms with Crippen molar-refractivity contribution in [1.82, 2.24) is 5.32 Å². The first kappa shape index (κ1) is 9.63. The highest BCUT2D eigenvalue weighted by Gasteiger charge is 1.89. The molecular weight excluding hydrogens is 142 g/mol.